The van der Waals surface area contributed by atoms with E-state index < -0.39 is 5.97 Å². The highest BCUT2D eigenvalue weighted by Gasteiger charge is 1.95. The third kappa shape index (κ3) is 3.23. The third-order valence-corrected chi connectivity index (χ3v) is 2.39. The summed E-state index contributed by atoms with van der Waals surface area (Å²) in [6.07, 6.45) is 0.538. The molecule has 0 unspecified atom stereocenters. The predicted octanol–water partition coefficient (Wildman–Crippen LogP) is 2.17. The first-order valence-corrected chi connectivity index (χ1v) is 4.83. The van der Waals surface area contributed by atoms with E-state index in [4.69, 9.17) is 0 Å². The van der Waals surface area contributed by atoms with Crippen LogP contribution in [-0.2, 0) is 16.0 Å². The minimum atomic E-state index is -0.503. The first-order valence-electron chi connectivity index (χ1n) is 4.04. The highest BCUT2D eigenvalue weighted by Crippen LogP contribution is 2.15. The first-order chi connectivity index (χ1) is 6.74. The van der Waals surface area contributed by atoms with Gasteiger partial charge in [-0.25, -0.2) is 4.79 Å². The van der Waals surface area contributed by atoms with Crippen LogP contribution in [0.3, 0.4) is 0 Å². The van der Waals surface area contributed by atoms with Gasteiger partial charge in [-0.2, -0.15) is 0 Å². The smallest absolute Gasteiger partial charge is 0.384 e. The predicted molar refractivity (Wildman–Crippen MR) is 57.6 cm³/mol. The van der Waals surface area contributed by atoms with Crippen molar-refractivity contribution in [3.63, 3.8) is 0 Å². The molecule has 0 aliphatic rings. The van der Waals surface area contributed by atoms with Crippen LogP contribution in [0.5, 0.6) is 0 Å². The molecular formula is C11H9BrO2. The van der Waals surface area contributed by atoms with Crippen LogP contribution < -0.4 is 0 Å². The molecule has 72 valence electrons. The van der Waals surface area contributed by atoms with Gasteiger partial charge < -0.3 is 4.74 Å². The molecule has 0 heterocycles. The van der Waals surface area contributed by atoms with E-state index in [1.54, 1.807) is 0 Å². The fourth-order valence-electron chi connectivity index (χ4n) is 0.904. The van der Waals surface area contributed by atoms with Crippen molar-refractivity contribution in [1.82, 2.24) is 0 Å². The second-order valence-corrected chi connectivity index (χ2v) is 3.42. The minimum Gasteiger partial charge on any atom is -0.459 e. The monoisotopic (exact) mass is 252 g/mol. The molecule has 0 aliphatic carbocycles. The Morgan fingerprint density at radius 3 is 2.86 bits per heavy atom. The van der Waals surface area contributed by atoms with E-state index in [0.29, 0.717) is 6.42 Å². The lowest BCUT2D eigenvalue weighted by atomic mass is 10.2. The van der Waals surface area contributed by atoms with Crippen molar-refractivity contribution >= 4 is 21.9 Å². The molecule has 2 nitrogen and oxygen atoms in total. The van der Waals surface area contributed by atoms with Crippen LogP contribution in [0.2, 0.25) is 0 Å². The summed E-state index contributed by atoms with van der Waals surface area (Å²) in [5.41, 5.74) is 1.06. The molecule has 3 heteroatoms. The Hall–Kier alpha value is -1.27. The van der Waals surface area contributed by atoms with Crippen LogP contribution in [0, 0.1) is 11.8 Å². The van der Waals surface area contributed by atoms with Gasteiger partial charge in [0.25, 0.3) is 0 Å². The van der Waals surface area contributed by atoms with Crippen molar-refractivity contribution in [2.45, 2.75) is 6.42 Å². The lowest BCUT2D eigenvalue weighted by molar-refractivity contribution is -0.133. The number of benzene rings is 1. The maximum atomic E-state index is 10.7. The molecule has 14 heavy (non-hydrogen) atoms. The molecule has 0 aliphatic heterocycles. The van der Waals surface area contributed by atoms with Gasteiger partial charge in [0.15, 0.2) is 0 Å². The number of ether oxygens (including phenoxy) is 1. The van der Waals surface area contributed by atoms with Crippen LogP contribution in [0.4, 0.5) is 0 Å². The van der Waals surface area contributed by atoms with E-state index in [2.05, 4.69) is 32.5 Å². The van der Waals surface area contributed by atoms with E-state index in [9.17, 15) is 4.79 Å². The molecule has 0 radical (unpaired) electrons. The van der Waals surface area contributed by atoms with Gasteiger partial charge in [0.05, 0.1) is 7.11 Å². The van der Waals surface area contributed by atoms with Gasteiger partial charge in [0, 0.05) is 16.8 Å². The number of carbonyl (C=O) groups is 1. The number of carbonyl (C=O) groups excluding carboxylic acids is 1. The molecule has 0 bridgehead atoms. The Kier molecular flexibility index (Phi) is 4.21. The number of rotatable bonds is 1. The van der Waals surface area contributed by atoms with E-state index >= 15 is 0 Å². The third-order valence-electron chi connectivity index (χ3n) is 1.61. The Bertz CT molecular complexity index is 388. The molecule has 0 atom stereocenters. The van der Waals surface area contributed by atoms with Gasteiger partial charge >= 0.3 is 5.97 Å². The zero-order valence-electron chi connectivity index (χ0n) is 7.71. The fourth-order valence-corrected chi connectivity index (χ4v) is 1.33. The molecule has 0 amide bonds. The summed E-state index contributed by atoms with van der Waals surface area (Å²) in [7, 11) is 1.31. The average molecular weight is 253 g/mol. The second kappa shape index (κ2) is 5.46. The van der Waals surface area contributed by atoms with Crippen LogP contribution >= 0.6 is 15.9 Å². The van der Waals surface area contributed by atoms with Crippen LogP contribution in [0.25, 0.3) is 0 Å². The molecule has 1 aromatic rings. The number of methoxy groups -OCH3 is 1. The Balaban J connectivity index is 2.65. The molecule has 0 fully saturated rings. The number of hydrogen-bond donors (Lipinski definition) is 0. The van der Waals surface area contributed by atoms with Gasteiger partial charge in [-0.3, -0.25) is 0 Å². The average Bonchev–Trinajstić information content (AvgIpc) is 2.20. The minimum absolute atomic E-state index is 0.503. The van der Waals surface area contributed by atoms with Crippen LogP contribution in [0.15, 0.2) is 28.7 Å². The molecule has 0 spiro atoms. The summed E-state index contributed by atoms with van der Waals surface area (Å²) in [6, 6.07) is 7.76. The van der Waals surface area contributed by atoms with Gasteiger partial charge in [-0.1, -0.05) is 40.0 Å². The summed E-state index contributed by atoms with van der Waals surface area (Å²) in [5.74, 6) is 4.61. The van der Waals surface area contributed by atoms with E-state index in [1.807, 2.05) is 24.3 Å². The largest absolute Gasteiger partial charge is 0.459 e. The zero-order valence-corrected chi connectivity index (χ0v) is 9.30. The van der Waals surface area contributed by atoms with E-state index in [-0.39, 0.29) is 0 Å². The van der Waals surface area contributed by atoms with Gasteiger partial charge in [0.2, 0.25) is 0 Å². The van der Waals surface area contributed by atoms with Crippen molar-refractivity contribution in [1.29, 1.82) is 0 Å². The zero-order chi connectivity index (χ0) is 10.4. The Morgan fingerprint density at radius 1 is 1.50 bits per heavy atom. The lowest BCUT2D eigenvalue weighted by Gasteiger charge is -1.97. The summed E-state index contributed by atoms with van der Waals surface area (Å²) < 4.78 is 5.39. The molecular weight excluding hydrogens is 244 g/mol. The molecule has 1 rings (SSSR count). The quantitative estimate of drug-likeness (QED) is 0.435. The van der Waals surface area contributed by atoms with Gasteiger partial charge in [-0.15, -0.1) is 0 Å². The lowest BCUT2D eigenvalue weighted by Crippen LogP contribution is -1.94. The Morgan fingerprint density at radius 2 is 2.21 bits per heavy atom. The number of esters is 1. The van der Waals surface area contributed by atoms with E-state index in [0.717, 1.165) is 10.0 Å². The summed E-state index contributed by atoms with van der Waals surface area (Å²) in [4.78, 5) is 10.7. The summed E-state index contributed by atoms with van der Waals surface area (Å²) in [6.45, 7) is 0. The van der Waals surface area contributed by atoms with Crippen molar-refractivity contribution < 1.29 is 9.53 Å². The summed E-state index contributed by atoms with van der Waals surface area (Å²) in [5, 5.41) is 0. The molecule has 0 saturated carbocycles. The number of hydrogen-bond acceptors (Lipinski definition) is 2. The van der Waals surface area contributed by atoms with Crippen molar-refractivity contribution in [2.75, 3.05) is 7.11 Å². The van der Waals surface area contributed by atoms with Crippen molar-refractivity contribution in [3.8, 4) is 11.8 Å². The maximum Gasteiger partial charge on any atom is 0.384 e. The summed E-state index contributed by atoms with van der Waals surface area (Å²) >= 11 is 3.40. The maximum absolute atomic E-state index is 10.7. The van der Waals surface area contributed by atoms with Crippen molar-refractivity contribution in [2.24, 2.45) is 0 Å². The first kappa shape index (κ1) is 10.8. The topological polar surface area (TPSA) is 26.3 Å². The van der Waals surface area contributed by atoms with Gasteiger partial charge in [0.1, 0.15) is 0 Å². The molecule has 1 aromatic carbocycles. The molecule has 0 saturated heterocycles. The Labute approximate surface area is 91.4 Å². The SMILES string of the molecule is COC(=O)C#CCc1ccccc1Br. The second-order valence-electron chi connectivity index (χ2n) is 2.56. The standard InChI is InChI=1S/C11H9BrO2/c1-14-11(13)8-4-6-9-5-2-3-7-10(9)12/h2-3,5,7H,6H2,1H3. The van der Waals surface area contributed by atoms with E-state index in [1.165, 1.54) is 7.11 Å². The molecule has 0 N–H and O–H groups in total. The highest BCUT2D eigenvalue weighted by atomic mass is 79.9. The van der Waals surface area contributed by atoms with Crippen LogP contribution in [0.1, 0.15) is 5.56 Å². The van der Waals surface area contributed by atoms with Gasteiger partial charge in [-0.05, 0) is 11.6 Å². The normalized spacial score (nSPS) is 8.71. The highest BCUT2D eigenvalue weighted by molar-refractivity contribution is 9.10. The van der Waals surface area contributed by atoms with Crippen molar-refractivity contribution in [3.05, 3.63) is 34.3 Å². The molecule has 0 aromatic heterocycles. The van der Waals surface area contributed by atoms with Crippen LogP contribution in [-0.4, -0.2) is 13.1 Å². The fraction of sp³-hybridized carbons (Fsp3) is 0.182. The number of halogens is 1.